The number of fused-ring (bicyclic) bond motifs is 1. The molecule has 0 radical (unpaired) electrons. The summed E-state index contributed by atoms with van der Waals surface area (Å²) in [5.41, 5.74) is 0.203. The summed E-state index contributed by atoms with van der Waals surface area (Å²) < 4.78 is 21.1. The van der Waals surface area contributed by atoms with Gasteiger partial charge in [-0.2, -0.15) is 15.0 Å². The Balaban J connectivity index is 1.37. The Bertz CT molecular complexity index is 1370. The van der Waals surface area contributed by atoms with E-state index in [0.29, 0.717) is 40.2 Å². The van der Waals surface area contributed by atoms with E-state index in [0.717, 1.165) is 38.9 Å². The number of hydrogen-bond donors (Lipinski definition) is 4. The first-order chi connectivity index (χ1) is 18.7. The van der Waals surface area contributed by atoms with E-state index in [1.807, 2.05) is 0 Å². The molecule has 1 saturated carbocycles. The number of amides is 1. The van der Waals surface area contributed by atoms with E-state index in [9.17, 15) is 19.6 Å². The zero-order chi connectivity index (χ0) is 27.6. The van der Waals surface area contributed by atoms with Crippen molar-refractivity contribution < 1.29 is 19.0 Å². The van der Waals surface area contributed by atoms with Crippen LogP contribution >= 0.6 is 0 Å². The predicted octanol–water partition coefficient (Wildman–Crippen LogP) is 2.24. The number of aromatic nitrogens is 4. The van der Waals surface area contributed by atoms with Crippen molar-refractivity contribution in [2.45, 2.75) is 69.4 Å². The quantitative estimate of drug-likeness (QED) is 0.323. The van der Waals surface area contributed by atoms with Crippen LogP contribution in [0.2, 0.25) is 0 Å². The van der Waals surface area contributed by atoms with Gasteiger partial charge in [0.2, 0.25) is 0 Å². The third-order valence-electron chi connectivity index (χ3n) is 7.29. The smallest absolute Gasteiger partial charge is 0.255 e. The summed E-state index contributed by atoms with van der Waals surface area (Å²) in [4.78, 5) is 21.9. The van der Waals surface area contributed by atoms with Crippen molar-refractivity contribution in [1.29, 1.82) is 5.26 Å². The van der Waals surface area contributed by atoms with Crippen LogP contribution in [0.15, 0.2) is 30.7 Å². The molecule has 5 rings (SSSR count). The molecule has 1 saturated heterocycles. The number of hydrogen-bond acceptors (Lipinski definition) is 9. The Kier molecular flexibility index (Phi) is 7.74. The van der Waals surface area contributed by atoms with Gasteiger partial charge in [0.05, 0.1) is 54.4 Å². The first-order valence-corrected chi connectivity index (χ1v) is 13.2. The van der Waals surface area contributed by atoms with E-state index < -0.39 is 17.7 Å². The minimum atomic E-state index is -1.63. The van der Waals surface area contributed by atoms with Crippen molar-refractivity contribution in [3.05, 3.63) is 41.9 Å². The summed E-state index contributed by atoms with van der Waals surface area (Å²) in [5, 5.41) is 33.9. The van der Waals surface area contributed by atoms with Gasteiger partial charge in [-0.25, -0.2) is 14.4 Å². The van der Waals surface area contributed by atoms with Crippen LogP contribution in [0, 0.1) is 11.3 Å². The van der Waals surface area contributed by atoms with Gasteiger partial charge in [-0.05, 0) is 45.6 Å². The minimum absolute atomic E-state index is 0.137. The monoisotopic (exact) mass is 536 g/mol. The Morgan fingerprint density at radius 1 is 1.18 bits per heavy atom. The van der Waals surface area contributed by atoms with Crippen molar-refractivity contribution >= 4 is 22.6 Å². The number of aliphatic hydroxyl groups is 1. The van der Waals surface area contributed by atoms with Crippen LogP contribution in [0.4, 0.5) is 10.1 Å². The number of halogens is 1. The fourth-order valence-electron chi connectivity index (χ4n) is 4.83. The number of nitrogens with zero attached hydrogens (tertiary/aromatic N) is 5. The second-order valence-corrected chi connectivity index (χ2v) is 10.8. The molecule has 1 atom stereocenters. The van der Waals surface area contributed by atoms with Crippen LogP contribution in [0.25, 0.3) is 16.9 Å². The largest absolute Gasteiger partial charge is 0.387 e. The van der Waals surface area contributed by atoms with Gasteiger partial charge >= 0.3 is 0 Å². The molecule has 11 nitrogen and oxygen atoms in total. The molecule has 12 heteroatoms. The molecule has 0 unspecified atom stereocenters. The Labute approximate surface area is 225 Å². The third-order valence-corrected chi connectivity index (χ3v) is 7.29. The third kappa shape index (κ3) is 6.16. The first-order valence-electron chi connectivity index (χ1n) is 13.2. The standard InChI is InChI=1S/C27H33FN8O3/c1-27(2,38)23(28)13-32-26(37)21-12-30-24(36-25-17(11-33-36)7-16(9-29)10-31-25)8-22(21)35-19-5-3-18(4-6-19)34-20-14-39-15-20/h7-8,10-12,18-20,23,34,38H,3-6,13-15H2,1-2H3,(H,30,35)(H,32,37)/t18?,19?,23-/m1/s1. The molecule has 206 valence electrons. The maximum Gasteiger partial charge on any atom is 0.255 e. The first kappa shape index (κ1) is 26.9. The molecule has 1 aliphatic carbocycles. The average molecular weight is 537 g/mol. The maximum absolute atomic E-state index is 14.3. The van der Waals surface area contributed by atoms with Gasteiger partial charge in [0, 0.05) is 35.9 Å². The lowest BCUT2D eigenvalue weighted by molar-refractivity contribution is -0.0120. The van der Waals surface area contributed by atoms with Crippen LogP contribution in [-0.4, -0.2) is 80.4 Å². The minimum Gasteiger partial charge on any atom is -0.387 e. The molecule has 4 N–H and O–H groups in total. The second-order valence-electron chi connectivity index (χ2n) is 10.8. The average Bonchev–Trinajstić information content (AvgIpc) is 3.32. The van der Waals surface area contributed by atoms with E-state index in [-0.39, 0.29) is 18.2 Å². The highest BCUT2D eigenvalue weighted by atomic mass is 19.1. The van der Waals surface area contributed by atoms with Crippen molar-refractivity contribution in [2.24, 2.45) is 0 Å². The van der Waals surface area contributed by atoms with Crippen LogP contribution in [0.3, 0.4) is 0 Å². The number of pyridine rings is 2. The van der Waals surface area contributed by atoms with Crippen LogP contribution in [-0.2, 0) is 4.74 Å². The molecule has 4 heterocycles. The van der Waals surface area contributed by atoms with Crippen LogP contribution in [0.5, 0.6) is 0 Å². The topological polar surface area (TPSA) is 150 Å². The maximum atomic E-state index is 14.3. The number of ether oxygens (including phenoxy) is 1. The van der Waals surface area contributed by atoms with Gasteiger partial charge in [-0.3, -0.25) is 4.79 Å². The molecule has 39 heavy (non-hydrogen) atoms. The van der Waals surface area contributed by atoms with E-state index in [2.05, 4.69) is 37.1 Å². The fraction of sp³-hybridized carbons (Fsp3) is 0.519. The molecule has 0 spiro atoms. The van der Waals surface area contributed by atoms with Crippen LogP contribution < -0.4 is 16.0 Å². The number of nitriles is 1. The normalized spacial score (nSPS) is 20.7. The van der Waals surface area contributed by atoms with Gasteiger partial charge in [-0.15, -0.1) is 0 Å². The van der Waals surface area contributed by atoms with Crippen molar-refractivity contribution in [2.75, 3.05) is 25.1 Å². The number of rotatable bonds is 9. The number of alkyl halides is 1. The molecule has 1 amide bonds. The zero-order valence-electron chi connectivity index (χ0n) is 22.0. The number of carbonyl (C=O) groups excluding carboxylic acids is 1. The Hall–Kier alpha value is -3.66. The summed E-state index contributed by atoms with van der Waals surface area (Å²) in [6, 6.07) is 6.52. The summed E-state index contributed by atoms with van der Waals surface area (Å²) in [6.45, 7) is 3.91. The lowest BCUT2D eigenvalue weighted by atomic mass is 9.90. The molecule has 3 aromatic rings. The molecular weight excluding hydrogens is 503 g/mol. The van der Waals surface area contributed by atoms with E-state index in [1.165, 1.54) is 26.2 Å². The lowest BCUT2D eigenvalue weighted by Gasteiger charge is -2.36. The number of nitrogens with one attached hydrogen (secondary N) is 3. The van der Waals surface area contributed by atoms with E-state index in [4.69, 9.17) is 4.74 Å². The SMILES string of the molecule is CC(C)(O)[C@H](F)CNC(=O)c1cnc(-n2ncc3cc(C#N)cnc32)cc1NC1CCC(NC2COC2)CC1. The highest BCUT2D eigenvalue weighted by Crippen LogP contribution is 2.27. The van der Waals surface area contributed by atoms with E-state index in [1.54, 1.807) is 23.0 Å². The molecular formula is C27H33FN8O3. The molecule has 2 aliphatic rings. The fourth-order valence-corrected chi connectivity index (χ4v) is 4.83. The molecule has 2 fully saturated rings. The van der Waals surface area contributed by atoms with Crippen molar-refractivity contribution in [3.63, 3.8) is 0 Å². The highest BCUT2D eigenvalue weighted by Gasteiger charge is 2.29. The molecule has 1 aliphatic heterocycles. The number of carbonyl (C=O) groups is 1. The predicted molar refractivity (Wildman–Crippen MR) is 142 cm³/mol. The number of anilines is 1. The summed E-state index contributed by atoms with van der Waals surface area (Å²) >= 11 is 0. The van der Waals surface area contributed by atoms with Crippen molar-refractivity contribution in [1.82, 2.24) is 30.4 Å². The Morgan fingerprint density at radius 2 is 1.92 bits per heavy atom. The highest BCUT2D eigenvalue weighted by molar-refractivity contribution is 5.99. The van der Waals surface area contributed by atoms with Gasteiger partial charge in [0.25, 0.3) is 5.91 Å². The van der Waals surface area contributed by atoms with Gasteiger partial charge in [0.1, 0.15) is 12.2 Å². The molecule has 3 aromatic heterocycles. The van der Waals surface area contributed by atoms with Gasteiger partial charge in [-0.1, -0.05) is 0 Å². The van der Waals surface area contributed by atoms with Crippen molar-refractivity contribution in [3.8, 4) is 11.9 Å². The zero-order valence-corrected chi connectivity index (χ0v) is 22.0. The molecule has 0 bridgehead atoms. The van der Waals surface area contributed by atoms with E-state index >= 15 is 0 Å². The van der Waals surface area contributed by atoms with Crippen LogP contribution in [0.1, 0.15) is 55.5 Å². The Morgan fingerprint density at radius 3 is 2.59 bits per heavy atom. The lowest BCUT2D eigenvalue weighted by Crippen LogP contribution is -2.51. The molecule has 0 aromatic carbocycles. The van der Waals surface area contributed by atoms with Gasteiger partial charge < -0.3 is 25.8 Å². The summed E-state index contributed by atoms with van der Waals surface area (Å²) in [7, 11) is 0. The summed E-state index contributed by atoms with van der Waals surface area (Å²) in [6.07, 6.45) is 6.71. The van der Waals surface area contributed by atoms with Gasteiger partial charge in [0.15, 0.2) is 11.5 Å². The summed E-state index contributed by atoms with van der Waals surface area (Å²) in [5.74, 6) is -0.0488. The second kappa shape index (κ2) is 11.2.